The van der Waals surface area contributed by atoms with Gasteiger partial charge in [-0.25, -0.2) is 0 Å². The number of halogens is 1. The number of likely N-dealkylation sites (tertiary alicyclic amines) is 1. The van der Waals surface area contributed by atoms with E-state index in [0.717, 1.165) is 19.5 Å². The van der Waals surface area contributed by atoms with Gasteiger partial charge < -0.3 is 4.90 Å². The van der Waals surface area contributed by atoms with Crippen molar-refractivity contribution in [2.75, 3.05) is 26.8 Å². The van der Waals surface area contributed by atoms with Gasteiger partial charge in [0.25, 0.3) is 0 Å². The first-order valence-corrected chi connectivity index (χ1v) is 4.97. The SMILES string of the molecule is CC.CC1CC(CF)CN(C)C1. The van der Waals surface area contributed by atoms with Gasteiger partial charge in [-0.05, 0) is 19.4 Å². The molecule has 0 aromatic heterocycles. The third kappa shape index (κ3) is 4.05. The first-order valence-electron chi connectivity index (χ1n) is 4.97. The summed E-state index contributed by atoms with van der Waals surface area (Å²) in [4.78, 5) is 2.22. The lowest BCUT2D eigenvalue weighted by atomic mass is 9.92. The second-order valence-electron chi connectivity index (χ2n) is 3.58. The number of hydrogen-bond donors (Lipinski definition) is 0. The maximum atomic E-state index is 12.2. The molecule has 0 radical (unpaired) electrons. The summed E-state index contributed by atoms with van der Waals surface area (Å²) in [5, 5.41) is 0. The minimum atomic E-state index is -0.144. The fraction of sp³-hybridized carbons (Fsp3) is 1.00. The quantitative estimate of drug-likeness (QED) is 0.592. The number of piperidine rings is 1. The maximum absolute atomic E-state index is 12.2. The average Bonchev–Trinajstić information content (AvgIpc) is 2.06. The normalized spacial score (nSPS) is 30.8. The molecule has 1 rings (SSSR count). The zero-order valence-corrected chi connectivity index (χ0v) is 8.81. The smallest absolute Gasteiger partial charge is 0.0934 e. The molecule has 0 amide bonds. The standard InChI is InChI=1S/C8H16FN.C2H6/c1-7-3-8(4-9)6-10(2)5-7;1-2/h7-8H,3-6H2,1-2H3;1-2H3. The van der Waals surface area contributed by atoms with Crippen molar-refractivity contribution in [3.8, 4) is 0 Å². The molecule has 0 spiro atoms. The third-order valence-corrected chi connectivity index (χ3v) is 2.15. The summed E-state index contributed by atoms with van der Waals surface area (Å²) in [6.07, 6.45) is 1.07. The summed E-state index contributed by atoms with van der Waals surface area (Å²) in [5.41, 5.74) is 0. The lowest BCUT2D eigenvalue weighted by Gasteiger charge is -2.32. The van der Waals surface area contributed by atoms with Gasteiger partial charge >= 0.3 is 0 Å². The highest BCUT2D eigenvalue weighted by atomic mass is 19.1. The average molecular weight is 175 g/mol. The van der Waals surface area contributed by atoms with Crippen LogP contribution < -0.4 is 0 Å². The highest BCUT2D eigenvalue weighted by Crippen LogP contribution is 2.20. The maximum Gasteiger partial charge on any atom is 0.0934 e. The molecule has 0 aliphatic carbocycles. The van der Waals surface area contributed by atoms with Gasteiger partial charge in [0.05, 0.1) is 6.67 Å². The van der Waals surface area contributed by atoms with Gasteiger partial charge in [-0.15, -0.1) is 0 Å². The van der Waals surface area contributed by atoms with Crippen molar-refractivity contribution in [1.29, 1.82) is 0 Å². The van der Waals surface area contributed by atoms with Crippen LogP contribution in [0.2, 0.25) is 0 Å². The van der Waals surface area contributed by atoms with Gasteiger partial charge in [0.15, 0.2) is 0 Å². The lowest BCUT2D eigenvalue weighted by molar-refractivity contribution is 0.140. The van der Waals surface area contributed by atoms with E-state index >= 15 is 0 Å². The first kappa shape index (κ1) is 11.9. The van der Waals surface area contributed by atoms with E-state index in [9.17, 15) is 4.39 Å². The summed E-state index contributed by atoms with van der Waals surface area (Å²) >= 11 is 0. The Morgan fingerprint density at radius 3 is 2.33 bits per heavy atom. The van der Waals surface area contributed by atoms with Crippen LogP contribution in [0.25, 0.3) is 0 Å². The minimum absolute atomic E-state index is 0.144. The van der Waals surface area contributed by atoms with Crippen molar-refractivity contribution < 1.29 is 4.39 Å². The number of nitrogens with zero attached hydrogens (tertiary/aromatic N) is 1. The molecule has 2 unspecified atom stereocenters. The monoisotopic (exact) mass is 175 g/mol. The number of rotatable bonds is 1. The van der Waals surface area contributed by atoms with Gasteiger partial charge in [-0.3, -0.25) is 4.39 Å². The molecule has 2 heteroatoms. The van der Waals surface area contributed by atoms with Crippen LogP contribution in [0.3, 0.4) is 0 Å². The van der Waals surface area contributed by atoms with E-state index in [1.165, 1.54) is 0 Å². The molecule has 1 fully saturated rings. The molecule has 0 bridgehead atoms. The predicted molar refractivity (Wildman–Crippen MR) is 52.1 cm³/mol. The second-order valence-corrected chi connectivity index (χ2v) is 3.58. The fourth-order valence-corrected chi connectivity index (χ4v) is 1.88. The molecule has 0 saturated carbocycles. The molecule has 0 aromatic rings. The van der Waals surface area contributed by atoms with Crippen molar-refractivity contribution >= 4 is 0 Å². The Hall–Kier alpha value is -0.110. The van der Waals surface area contributed by atoms with Gasteiger partial charge in [0, 0.05) is 19.0 Å². The van der Waals surface area contributed by atoms with Crippen LogP contribution in [0.5, 0.6) is 0 Å². The molecule has 0 aromatic carbocycles. The Labute approximate surface area is 75.9 Å². The van der Waals surface area contributed by atoms with Crippen molar-refractivity contribution in [2.24, 2.45) is 11.8 Å². The van der Waals surface area contributed by atoms with Crippen LogP contribution >= 0.6 is 0 Å². The Morgan fingerprint density at radius 1 is 1.33 bits per heavy atom. The first-order chi connectivity index (χ1) is 5.72. The Balaban J connectivity index is 0.000000561. The van der Waals surface area contributed by atoms with E-state index in [-0.39, 0.29) is 6.67 Å². The summed E-state index contributed by atoms with van der Waals surface area (Å²) in [6, 6.07) is 0. The van der Waals surface area contributed by atoms with Gasteiger partial charge in [0.2, 0.25) is 0 Å². The molecule has 12 heavy (non-hydrogen) atoms. The topological polar surface area (TPSA) is 3.24 Å². The van der Waals surface area contributed by atoms with Gasteiger partial charge in [-0.2, -0.15) is 0 Å². The highest BCUT2D eigenvalue weighted by Gasteiger charge is 2.21. The van der Waals surface area contributed by atoms with Crippen LogP contribution in [0.1, 0.15) is 27.2 Å². The minimum Gasteiger partial charge on any atom is -0.306 e. The summed E-state index contributed by atoms with van der Waals surface area (Å²) in [6.45, 7) is 8.13. The molecular weight excluding hydrogens is 153 g/mol. The van der Waals surface area contributed by atoms with Crippen LogP contribution in [0.15, 0.2) is 0 Å². The van der Waals surface area contributed by atoms with Crippen molar-refractivity contribution in [3.63, 3.8) is 0 Å². The second kappa shape index (κ2) is 6.41. The Morgan fingerprint density at radius 2 is 1.92 bits per heavy atom. The van der Waals surface area contributed by atoms with Crippen LogP contribution in [-0.4, -0.2) is 31.7 Å². The summed E-state index contributed by atoms with van der Waals surface area (Å²) in [7, 11) is 2.07. The zero-order chi connectivity index (χ0) is 9.56. The Kier molecular flexibility index (Phi) is 6.35. The van der Waals surface area contributed by atoms with E-state index in [1.807, 2.05) is 13.8 Å². The lowest BCUT2D eigenvalue weighted by Crippen LogP contribution is -2.37. The molecule has 2 atom stereocenters. The van der Waals surface area contributed by atoms with Crippen molar-refractivity contribution in [2.45, 2.75) is 27.2 Å². The molecule has 1 nitrogen and oxygen atoms in total. The van der Waals surface area contributed by atoms with Crippen molar-refractivity contribution in [1.82, 2.24) is 4.90 Å². The largest absolute Gasteiger partial charge is 0.306 e. The molecule has 1 heterocycles. The number of alkyl halides is 1. The van der Waals surface area contributed by atoms with Gasteiger partial charge in [0.1, 0.15) is 0 Å². The summed E-state index contributed by atoms with van der Waals surface area (Å²) < 4.78 is 12.2. The Bertz CT molecular complexity index is 96.0. The molecular formula is C10H22FN. The van der Waals surface area contributed by atoms with E-state index in [4.69, 9.17) is 0 Å². The molecule has 74 valence electrons. The molecule has 1 aliphatic rings. The van der Waals surface area contributed by atoms with E-state index in [2.05, 4.69) is 18.9 Å². The van der Waals surface area contributed by atoms with Crippen LogP contribution in [-0.2, 0) is 0 Å². The number of hydrogen-bond acceptors (Lipinski definition) is 1. The molecule has 0 N–H and O–H groups in total. The zero-order valence-electron chi connectivity index (χ0n) is 8.81. The van der Waals surface area contributed by atoms with E-state index in [0.29, 0.717) is 11.8 Å². The van der Waals surface area contributed by atoms with Crippen LogP contribution in [0, 0.1) is 11.8 Å². The van der Waals surface area contributed by atoms with E-state index in [1.54, 1.807) is 0 Å². The summed E-state index contributed by atoms with van der Waals surface area (Å²) in [5.74, 6) is 0.980. The predicted octanol–water partition coefficient (Wildman–Crippen LogP) is 2.57. The molecule has 1 saturated heterocycles. The van der Waals surface area contributed by atoms with Gasteiger partial charge in [-0.1, -0.05) is 20.8 Å². The third-order valence-electron chi connectivity index (χ3n) is 2.15. The molecule has 1 aliphatic heterocycles. The highest BCUT2D eigenvalue weighted by molar-refractivity contribution is 4.74. The van der Waals surface area contributed by atoms with Crippen molar-refractivity contribution in [3.05, 3.63) is 0 Å². The fourth-order valence-electron chi connectivity index (χ4n) is 1.88. The van der Waals surface area contributed by atoms with E-state index < -0.39 is 0 Å². The van der Waals surface area contributed by atoms with Crippen LogP contribution in [0.4, 0.5) is 4.39 Å².